The molecule has 2 aliphatic rings. The Bertz CT molecular complexity index is 286. The van der Waals surface area contributed by atoms with E-state index >= 15 is 0 Å². The number of aliphatic imine (C=N–C) groups is 1. The minimum absolute atomic E-state index is 0.987. The minimum atomic E-state index is 0.987. The lowest BCUT2D eigenvalue weighted by Gasteiger charge is -2.17. The zero-order chi connectivity index (χ0) is 9.80. The van der Waals surface area contributed by atoms with Crippen LogP contribution >= 0.6 is 11.8 Å². The van der Waals surface area contributed by atoms with Crippen LogP contribution in [-0.2, 0) is 0 Å². The number of hydrogen-bond donors (Lipinski definition) is 0. The monoisotopic (exact) mass is 208 g/mol. The highest BCUT2D eigenvalue weighted by atomic mass is 32.2. The van der Waals surface area contributed by atoms with Crippen LogP contribution in [0, 0.1) is 0 Å². The van der Waals surface area contributed by atoms with E-state index in [9.17, 15) is 0 Å². The SMILES string of the molecule is CSC1=CN=C(N2CCCC2)CC=C1. The maximum Gasteiger partial charge on any atom is 0.108 e. The van der Waals surface area contributed by atoms with Gasteiger partial charge in [0.1, 0.15) is 5.84 Å². The first-order chi connectivity index (χ1) is 6.90. The van der Waals surface area contributed by atoms with E-state index in [2.05, 4.69) is 28.3 Å². The van der Waals surface area contributed by atoms with Crippen molar-refractivity contribution in [2.24, 2.45) is 4.99 Å². The summed E-state index contributed by atoms with van der Waals surface area (Å²) in [6, 6.07) is 0. The van der Waals surface area contributed by atoms with E-state index in [1.165, 1.54) is 36.7 Å². The van der Waals surface area contributed by atoms with E-state index in [-0.39, 0.29) is 0 Å². The number of likely N-dealkylation sites (tertiary alicyclic amines) is 1. The van der Waals surface area contributed by atoms with Crippen LogP contribution in [0.4, 0.5) is 0 Å². The van der Waals surface area contributed by atoms with E-state index in [0.29, 0.717) is 0 Å². The summed E-state index contributed by atoms with van der Waals surface area (Å²) in [6.07, 6.45) is 12.1. The lowest BCUT2D eigenvalue weighted by molar-refractivity contribution is 0.512. The van der Waals surface area contributed by atoms with Gasteiger partial charge in [-0.3, -0.25) is 0 Å². The van der Waals surface area contributed by atoms with Crippen LogP contribution < -0.4 is 0 Å². The van der Waals surface area contributed by atoms with Gasteiger partial charge < -0.3 is 4.90 Å². The number of amidine groups is 1. The second-order valence-electron chi connectivity index (χ2n) is 3.58. The summed E-state index contributed by atoms with van der Waals surface area (Å²) in [6.45, 7) is 2.38. The van der Waals surface area contributed by atoms with Gasteiger partial charge in [0.25, 0.3) is 0 Å². The molecule has 2 rings (SSSR count). The molecule has 0 bridgehead atoms. The van der Waals surface area contributed by atoms with Crippen molar-refractivity contribution in [2.45, 2.75) is 19.3 Å². The normalized spacial score (nSPS) is 21.9. The molecule has 0 aliphatic carbocycles. The molecule has 0 saturated carbocycles. The topological polar surface area (TPSA) is 15.6 Å². The molecule has 0 amide bonds. The Kier molecular flexibility index (Phi) is 3.30. The summed E-state index contributed by atoms with van der Waals surface area (Å²) in [4.78, 5) is 8.21. The van der Waals surface area contributed by atoms with Gasteiger partial charge in [0.05, 0.1) is 0 Å². The van der Waals surface area contributed by atoms with Gasteiger partial charge in [0, 0.05) is 30.6 Å². The number of rotatable bonds is 1. The Morgan fingerprint density at radius 3 is 2.86 bits per heavy atom. The molecule has 14 heavy (non-hydrogen) atoms. The van der Waals surface area contributed by atoms with E-state index in [0.717, 1.165) is 6.42 Å². The number of nitrogens with zero attached hydrogens (tertiary/aromatic N) is 2. The van der Waals surface area contributed by atoms with Crippen LogP contribution in [0.15, 0.2) is 28.2 Å². The summed E-state index contributed by atoms with van der Waals surface area (Å²) >= 11 is 1.75. The van der Waals surface area contributed by atoms with E-state index < -0.39 is 0 Å². The molecule has 0 unspecified atom stereocenters. The molecule has 3 heteroatoms. The van der Waals surface area contributed by atoms with E-state index in [1.54, 1.807) is 11.8 Å². The average Bonchev–Trinajstić information content (AvgIpc) is 2.63. The van der Waals surface area contributed by atoms with Crippen LogP contribution in [0.2, 0.25) is 0 Å². The molecule has 0 aromatic rings. The smallest absolute Gasteiger partial charge is 0.108 e. The van der Waals surface area contributed by atoms with E-state index in [4.69, 9.17) is 0 Å². The molecule has 76 valence electrons. The Balaban J connectivity index is 2.09. The molecule has 0 atom stereocenters. The van der Waals surface area contributed by atoms with Crippen molar-refractivity contribution in [1.82, 2.24) is 4.90 Å². The Hall–Kier alpha value is -0.700. The number of hydrogen-bond acceptors (Lipinski definition) is 3. The van der Waals surface area contributed by atoms with Crippen LogP contribution in [0.5, 0.6) is 0 Å². The minimum Gasteiger partial charge on any atom is -0.360 e. The predicted molar refractivity (Wildman–Crippen MR) is 63.6 cm³/mol. The first-order valence-corrected chi connectivity index (χ1v) is 6.35. The van der Waals surface area contributed by atoms with Crippen molar-refractivity contribution in [3.63, 3.8) is 0 Å². The molecule has 2 aliphatic heterocycles. The fourth-order valence-electron chi connectivity index (χ4n) is 1.82. The van der Waals surface area contributed by atoms with Gasteiger partial charge in [-0.1, -0.05) is 12.2 Å². The molecule has 0 aromatic carbocycles. The number of thioether (sulfide) groups is 1. The van der Waals surface area contributed by atoms with Crippen LogP contribution in [0.25, 0.3) is 0 Å². The maximum atomic E-state index is 4.55. The third-order valence-electron chi connectivity index (χ3n) is 2.63. The molecule has 0 N–H and O–H groups in total. The fraction of sp³-hybridized carbons (Fsp3) is 0.545. The lowest BCUT2D eigenvalue weighted by atomic mass is 10.3. The molecule has 0 aromatic heterocycles. The Morgan fingerprint density at radius 1 is 1.36 bits per heavy atom. The zero-order valence-corrected chi connectivity index (χ0v) is 9.39. The van der Waals surface area contributed by atoms with Gasteiger partial charge in [0.2, 0.25) is 0 Å². The summed E-state index contributed by atoms with van der Waals surface area (Å²) in [7, 11) is 0. The van der Waals surface area contributed by atoms with Crippen molar-refractivity contribution in [3.8, 4) is 0 Å². The summed E-state index contributed by atoms with van der Waals surface area (Å²) in [5, 5.41) is 0. The quantitative estimate of drug-likeness (QED) is 0.658. The van der Waals surface area contributed by atoms with Gasteiger partial charge >= 0.3 is 0 Å². The molecule has 0 spiro atoms. The third kappa shape index (κ3) is 2.21. The zero-order valence-electron chi connectivity index (χ0n) is 8.57. The fourth-order valence-corrected chi connectivity index (χ4v) is 2.21. The summed E-state index contributed by atoms with van der Waals surface area (Å²) in [5.41, 5.74) is 0. The van der Waals surface area contributed by atoms with Crippen LogP contribution in [-0.4, -0.2) is 30.1 Å². The molecular weight excluding hydrogens is 192 g/mol. The van der Waals surface area contributed by atoms with Crippen molar-refractivity contribution >= 4 is 17.6 Å². The molecular formula is C11H16N2S. The Morgan fingerprint density at radius 2 is 2.14 bits per heavy atom. The van der Waals surface area contributed by atoms with Crippen molar-refractivity contribution in [3.05, 3.63) is 23.3 Å². The van der Waals surface area contributed by atoms with Crippen molar-refractivity contribution in [2.75, 3.05) is 19.3 Å². The molecule has 2 heterocycles. The Labute approximate surface area is 89.8 Å². The van der Waals surface area contributed by atoms with Crippen LogP contribution in [0.3, 0.4) is 0 Å². The second-order valence-corrected chi connectivity index (χ2v) is 4.46. The lowest BCUT2D eigenvalue weighted by Crippen LogP contribution is -2.26. The first kappa shape index (κ1) is 9.84. The van der Waals surface area contributed by atoms with Crippen molar-refractivity contribution < 1.29 is 0 Å². The molecule has 1 fully saturated rings. The third-order valence-corrected chi connectivity index (χ3v) is 3.34. The summed E-state index contributed by atoms with van der Waals surface area (Å²) < 4.78 is 0. The average molecular weight is 208 g/mol. The van der Waals surface area contributed by atoms with E-state index in [1.807, 2.05) is 6.20 Å². The van der Waals surface area contributed by atoms with Crippen molar-refractivity contribution in [1.29, 1.82) is 0 Å². The highest BCUT2D eigenvalue weighted by molar-refractivity contribution is 8.02. The van der Waals surface area contributed by atoms with Gasteiger partial charge in [-0.15, -0.1) is 11.8 Å². The maximum absolute atomic E-state index is 4.55. The van der Waals surface area contributed by atoms with Gasteiger partial charge in [0.15, 0.2) is 0 Å². The largest absolute Gasteiger partial charge is 0.360 e. The van der Waals surface area contributed by atoms with Crippen LogP contribution in [0.1, 0.15) is 19.3 Å². The highest BCUT2D eigenvalue weighted by Crippen LogP contribution is 2.18. The van der Waals surface area contributed by atoms with Gasteiger partial charge in [-0.05, 0) is 19.1 Å². The van der Waals surface area contributed by atoms with Gasteiger partial charge in [-0.25, -0.2) is 4.99 Å². The predicted octanol–water partition coefficient (Wildman–Crippen LogP) is 2.65. The highest BCUT2D eigenvalue weighted by Gasteiger charge is 2.15. The van der Waals surface area contributed by atoms with Gasteiger partial charge in [-0.2, -0.15) is 0 Å². The second kappa shape index (κ2) is 4.69. The standard InChI is InChI=1S/C11H16N2S/c1-14-10-5-4-6-11(12-9-10)13-7-2-3-8-13/h4-5,9H,2-3,6-8H2,1H3. The number of allylic oxidation sites excluding steroid dienone is 1. The molecule has 0 radical (unpaired) electrons. The molecule has 2 nitrogen and oxygen atoms in total. The first-order valence-electron chi connectivity index (χ1n) is 5.12. The summed E-state index contributed by atoms with van der Waals surface area (Å²) in [5.74, 6) is 1.24. The molecule has 1 saturated heterocycles.